The van der Waals surface area contributed by atoms with Gasteiger partial charge in [0.05, 0.1) is 18.3 Å². The molecule has 0 aliphatic carbocycles. The third kappa shape index (κ3) is 5.67. The molecule has 5 nitrogen and oxygen atoms in total. The molecule has 0 spiro atoms. The third-order valence-electron chi connectivity index (χ3n) is 5.24. The summed E-state index contributed by atoms with van der Waals surface area (Å²) in [6.07, 6.45) is 3.61. The largest absolute Gasteiger partial charge is 0.478 e. The van der Waals surface area contributed by atoms with E-state index in [4.69, 9.17) is 4.74 Å². The summed E-state index contributed by atoms with van der Waals surface area (Å²) in [4.78, 5) is 25.6. The molecule has 5 heteroatoms. The molecule has 1 amide bonds. The molecule has 2 aromatic carbocycles. The predicted octanol–water partition coefficient (Wildman–Crippen LogP) is 3.57. The van der Waals surface area contributed by atoms with E-state index in [1.54, 1.807) is 18.2 Å². The van der Waals surface area contributed by atoms with Crippen LogP contribution in [0.1, 0.15) is 40.7 Å². The Morgan fingerprint density at radius 3 is 2.36 bits per heavy atom. The number of benzene rings is 2. The summed E-state index contributed by atoms with van der Waals surface area (Å²) in [6, 6.07) is 17.2. The Bertz CT molecular complexity index is 782. The molecule has 0 unspecified atom stereocenters. The van der Waals surface area contributed by atoms with Gasteiger partial charge in [0, 0.05) is 19.5 Å². The summed E-state index contributed by atoms with van der Waals surface area (Å²) in [7, 11) is 0. The van der Waals surface area contributed by atoms with Gasteiger partial charge in [-0.2, -0.15) is 0 Å². The van der Waals surface area contributed by atoms with Gasteiger partial charge in [0.1, 0.15) is 0 Å². The second-order valence-electron chi connectivity index (χ2n) is 7.15. The van der Waals surface area contributed by atoms with Gasteiger partial charge in [0.15, 0.2) is 0 Å². The van der Waals surface area contributed by atoms with Crippen molar-refractivity contribution in [3.8, 4) is 0 Å². The van der Waals surface area contributed by atoms with Crippen LogP contribution in [-0.4, -0.2) is 47.7 Å². The van der Waals surface area contributed by atoms with E-state index >= 15 is 0 Å². The number of ether oxygens (including phenoxy) is 1. The molecule has 1 aliphatic rings. The van der Waals surface area contributed by atoms with Crippen LogP contribution >= 0.6 is 0 Å². The Balaban J connectivity index is 1.38. The summed E-state index contributed by atoms with van der Waals surface area (Å²) >= 11 is 0. The SMILES string of the molecule is O=C(O)c1ccccc1CCC(=O)N1CCC(OCCc2ccccc2)CC1. The zero-order chi connectivity index (χ0) is 19.8. The molecule has 0 radical (unpaired) electrons. The van der Waals surface area contributed by atoms with E-state index in [2.05, 4.69) is 12.1 Å². The van der Waals surface area contributed by atoms with E-state index in [-0.39, 0.29) is 17.6 Å². The lowest BCUT2D eigenvalue weighted by atomic mass is 10.0. The van der Waals surface area contributed by atoms with Crippen molar-refractivity contribution in [2.75, 3.05) is 19.7 Å². The van der Waals surface area contributed by atoms with Gasteiger partial charge in [0.2, 0.25) is 5.91 Å². The number of aromatic carboxylic acids is 1. The number of carbonyl (C=O) groups is 2. The summed E-state index contributed by atoms with van der Waals surface area (Å²) in [5.74, 6) is -0.862. The number of hydrogen-bond donors (Lipinski definition) is 1. The van der Waals surface area contributed by atoms with Gasteiger partial charge in [-0.05, 0) is 42.9 Å². The Morgan fingerprint density at radius 2 is 1.64 bits per heavy atom. The fraction of sp³-hybridized carbons (Fsp3) is 0.391. The molecule has 0 atom stereocenters. The average Bonchev–Trinajstić information content (AvgIpc) is 2.73. The minimum atomic E-state index is -0.948. The smallest absolute Gasteiger partial charge is 0.335 e. The Morgan fingerprint density at radius 1 is 0.964 bits per heavy atom. The van der Waals surface area contributed by atoms with Crippen molar-refractivity contribution in [3.05, 3.63) is 71.3 Å². The number of carboxylic acid groups (broad SMARTS) is 1. The van der Waals surface area contributed by atoms with Crippen molar-refractivity contribution in [1.82, 2.24) is 4.90 Å². The lowest BCUT2D eigenvalue weighted by molar-refractivity contribution is -0.133. The van der Waals surface area contributed by atoms with E-state index < -0.39 is 5.97 Å². The fourth-order valence-corrected chi connectivity index (χ4v) is 3.61. The van der Waals surface area contributed by atoms with Crippen LogP contribution < -0.4 is 0 Å². The standard InChI is InChI=1S/C23H27NO4/c25-22(11-10-19-8-4-5-9-21(19)23(26)27)24-15-12-20(13-16-24)28-17-14-18-6-2-1-3-7-18/h1-9,20H,10-17H2,(H,26,27). The number of rotatable bonds is 8. The maximum atomic E-state index is 12.5. The average molecular weight is 381 g/mol. The van der Waals surface area contributed by atoms with Crippen LogP contribution in [0.2, 0.25) is 0 Å². The topological polar surface area (TPSA) is 66.8 Å². The molecule has 2 aromatic rings. The first kappa shape index (κ1) is 20.1. The molecule has 1 fully saturated rings. The molecule has 28 heavy (non-hydrogen) atoms. The van der Waals surface area contributed by atoms with Crippen molar-refractivity contribution >= 4 is 11.9 Å². The Kier molecular flexibility index (Phi) is 7.20. The zero-order valence-corrected chi connectivity index (χ0v) is 16.0. The van der Waals surface area contributed by atoms with Gasteiger partial charge in [-0.15, -0.1) is 0 Å². The number of nitrogens with zero attached hydrogens (tertiary/aromatic N) is 1. The van der Waals surface area contributed by atoms with Crippen molar-refractivity contribution in [2.24, 2.45) is 0 Å². The first-order valence-electron chi connectivity index (χ1n) is 9.88. The van der Waals surface area contributed by atoms with E-state index in [0.29, 0.717) is 38.1 Å². The Labute approximate surface area is 165 Å². The molecule has 0 aromatic heterocycles. The number of aryl methyl sites for hydroxylation is 1. The molecule has 1 heterocycles. The molecule has 0 bridgehead atoms. The van der Waals surface area contributed by atoms with Crippen molar-refractivity contribution in [1.29, 1.82) is 0 Å². The molecule has 0 saturated carbocycles. The molecule has 1 N–H and O–H groups in total. The highest BCUT2D eigenvalue weighted by atomic mass is 16.5. The second kappa shape index (κ2) is 10.0. The maximum Gasteiger partial charge on any atom is 0.335 e. The lowest BCUT2D eigenvalue weighted by Crippen LogP contribution is -2.41. The van der Waals surface area contributed by atoms with Crippen LogP contribution in [0.4, 0.5) is 0 Å². The minimum absolute atomic E-state index is 0.0860. The summed E-state index contributed by atoms with van der Waals surface area (Å²) < 4.78 is 5.98. The molecular formula is C23H27NO4. The van der Waals surface area contributed by atoms with E-state index in [0.717, 1.165) is 19.3 Å². The molecule has 3 rings (SSSR count). The monoisotopic (exact) mass is 381 g/mol. The summed E-state index contributed by atoms with van der Waals surface area (Å²) in [5.41, 5.74) is 2.26. The minimum Gasteiger partial charge on any atom is -0.478 e. The van der Waals surface area contributed by atoms with Gasteiger partial charge in [-0.25, -0.2) is 4.79 Å². The number of carbonyl (C=O) groups excluding carboxylic acids is 1. The number of hydrogen-bond acceptors (Lipinski definition) is 3. The highest BCUT2D eigenvalue weighted by Crippen LogP contribution is 2.17. The summed E-state index contributed by atoms with van der Waals surface area (Å²) in [5, 5.41) is 9.24. The lowest BCUT2D eigenvalue weighted by Gasteiger charge is -2.32. The van der Waals surface area contributed by atoms with Gasteiger partial charge in [0.25, 0.3) is 0 Å². The first-order chi connectivity index (χ1) is 13.6. The predicted molar refractivity (Wildman–Crippen MR) is 107 cm³/mol. The number of carboxylic acids is 1. The van der Waals surface area contributed by atoms with Crippen LogP contribution in [0.25, 0.3) is 0 Å². The summed E-state index contributed by atoms with van der Waals surface area (Å²) in [6.45, 7) is 2.11. The van der Waals surface area contributed by atoms with Gasteiger partial charge >= 0.3 is 5.97 Å². The van der Waals surface area contributed by atoms with Crippen molar-refractivity contribution in [3.63, 3.8) is 0 Å². The first-order valence-corrected chi connectivity index (χ1v) is 9.88. The van der Waals surface area contributed by atoms with E-state index in [1.807, 2.05) is 29.2 Å². The molecule has 1 aliphatic heterocycles. The number of likely N-dealkylation sites (tertiary alicyclic amines) is 1. The normalized spacial score (nSPS) is 14.8. The molecule has 1 saturated heterocycles. The highest BCUT2D eigenvalue weighted by Gasteiger charge is 2.23. The maximum absolute atomic E-state index is 12.5. The van der Waals surface area contributed by atoms with Crippen LogP contribution in [-0.2, 0) is 22.4 Å². The fourth-order valence-electron chi connectivity index (χ4n) is 3.61. The third-order valence-corrected chi connectivity index (χ3v) is 5.24. The van der Waals surface area contributed by atoms with E-state index in [1.165, 1.54) is 5.56 Å². The van der Waals surface area contributed by atoms with Gasteiger partial charge in [-0.3, -0.25) is 4.79 Å². The molecule has 148 valence electrons. The van der Waals surface area contributed by atoms with Crippen LogP contribution in [0, 0.1) is 0 Å². The zero-order valence-electron chi connectivity index (χ0n) is 16.0. The van der Waals surface area contributed by atoms with Crippen LogP contribution in [0.15, 0.2) is 54.6 Å². The van der Waals surface area contributed by atoms with Crippen molar-refractivity contribution in [2.45, 2.75) is 38.2 Å². The van der Waals surface area contributed by atoms with Gasteiger partial charge < -0.3 is 14.7 Å². The van der Waals surface area contributed by atoms with Crippen LogP contribution in [0.3, 0.4) is 0 Å². The quantitative estimate of drug-likeness (QED) is 0.759. The van der Waals surface area contributed by atoms with Crippen molar-refractivity contribution < 1.29 is 19.4 Å². The van der Waals surface area contributed by atoms with E-state index in [9.17, 15) is 14.7 Å². The number of piperidine rings is 1. The van der Waals surface area contributed by atoms with Crippen LogP contribution in [0.5, 0.6) is 0 Å². The highest BCUT2D eigenvalue weighted by molar-refractivity contribution is 5.89. The Hall–Kier alpha value is -2.66. The van der Waals surface area contributed by atoms with Gasteiger partial charge in [-0.1, -0.05) is 48.5 Å². The number of amides is 1. The molecular weight excluding hydrogens is 354 g/mol. The second-order valence-corrected chi connectivity index (χ2v) is 7.15.